The van der Waals surface area contributed by atoms with Gasteiger partial charge in [-0.1, -0.05) is 43.2 Å². The number of carbonyl (C=O) groups excluding carboxylic acids is 2. The van der Waals surface area contributed by atoms with E-state index in [1.165, 1.54) is 11.9 Å². The van der Waals surface area contributed by atoms with E-state index in [0.29, 0.717) is 12.8 Å². The molecule has 0 heterocycles. The van der Waals surface area contributed by atoms with E-state index in [-0.39, 0.29) is 12.3 Å². The molecule has 1 saturated carbocycles. The van der Waals surface area contributed by atoms with Crippen LogP contribution in [0.25, 0.3) is 0 Å². The lowest BCUT2D eigenvalue weighted by Crippen LogP contribution is -2.51. The summed E-state index contributed by atoms with van der Waals surface area (Å²) in [7, 11) is 1.48. The van der Waals surface area contributed by atoms with Crippen molar-refractivity contribution in [1.29, 1.82) is 0 Å². The number of carboxylic acid groups (broad SMARTS) is 1. The summed E-state index contributed by atoms with van der Waals surface area (Å²) in [6, 6.07) is 8.25. The Kier molecular flexibility index (Phi) is 6.52. The van der Waals surface area contributed by atoms with Crippen molar-refractivity contribution in [2.45, 2.75) is 38.1 Å². The molecule has 0 aliphatic heterocycles. The molecule has 1 fully saturated rings. The Hall–Kier alpha value is -2.41. The fraction of sp³-hybridized carbons (Fsp3) is 0.500. The van der Waals surface area contributed by atoms with Gasteiger partial charge in [-0.3, -0.25) is 19.6 Å². The number of rotatable bonds is 6. The van der Waals surface area contributed by atoms with Crippen molar-refractivity contribution >= 4 is 17.8 Å². The summed E-state index contributed by atoms with van der Waals surface area (Å²) in [6.07, 6.45) is 2.78. The molecule has 0 aromatic heterocycles. The molecule has 7 nitrogen and oxygen atoms in total. The third kappa shape index (κ3) is 4.57. The molecular formula is C18H24N2O5. The zero-order chi connectivity index (χ0) is 18.4. The van der Waals surface area contributed by atoms with E-state index in [2.05, 4.69) is 0 Å². The van der Waals surface area contributed by atoms with E-state index in [0.717, 1.165) is 18.4 Å². The molecule has 2 amide bonds. The second-order valence-corrected chi connectivity index (χ2v) is 6.47. The number of hydrogen-bond acceptors (Lipinski definition) is 4. The molecule has 0 saturated heterocycles. The van der Waals surface area contributed by atoms with Crippen molar-refractivity contribution in [3.8, 4) is 0 Å². The minimum Gasteiger partial charge on any atom is -0.481 e. The Morgan fingerprint density at radius 2 is 1.76 bits per heavy atom. The number of hydrogen-bond donors (Lipinski definition) is 3. The number of carboxylic acids is 1. The summed E-state index contributed by atoms with van der Waals surface area (Å²) in [5.41, 5.74) is 2.45. The van der Waals surface area contributed by atoms with Crippen molar-refractivity contribution in [2.24, 2.45) is 11.8 Å². The lowest BCUT2D eigenvalue weighted by atomic mass is 9.78. The molecule has 25 heavy (non-hydrogen) atoms. The van der Waals surface area contributed by atoms with Crippen molar-refractivity contribution in [3.63, 3.8) is 0 Å². The molecule has 1 aromatic rings. The zero-order valence-electron chi connectivity index (χ0n) is 14.2. The van der Waals surface area contributed by atoms with Crippen molar-refractivity contribution in [1.82, 2.24) is 10.4 Å². The van der Waals surface area contributed by atoms with Gasteiger partial charge in [0.15, 0.2) is 0 Å². The highest BCUT2D eigenvalue weighted by molar-refractivity contribution is 5.90. The van der Waals surface area contributed by atoms with E-state index >= 15 is 0 Å². The second-order valence-electron chi connectivity index (χ2n) is 6.47. The van der Waals surface area contributed by atoms with Gasteiger partial charge in [0.25, 0.3) is 5.91 Å². The summed E-state index contributed by atoms with van der Waals surface area (Å²) in [5, 5.41) is 18.4. The van der Waals surface area contributed by atoms with Gasteiger partial charge in [-0.25, -0.2) is 5.48 Å². The SMILES string of the molecule is CN(C(=O)[C@@H]1CCCC[C@H]1C(=O)O)C(Cc1ccccc1)C(=O)NO. The highest BCUT2D eigenvalue weighted by Gasteiger charge is 2.39. The Morgan fingerprint density at radius 1 is 1.16 bits per heavy atom. The van der Waals surface area contributed by atoms with E-state index in [4.69, 9.17) is 5.21 Å². The van der Waals surface area contributed by atoms with E-state index in [1.807, 2.05) is 30.3 Å². The molecule has 2 rings (SSSR count). The third-order valence-electron chi connectivity index (χ3n) is 4.90. The monoisotopic (exact) mass is 348 g/mol. The lowest BCUT2D eigenvalue weighted by Gasteiger charge is -2.34. The van der Waals surface area contributed by atoms with Crippen LogP contribution in [0.2, 0.25) is 0 Å². The molecule has 136 valence electrons. The summed E-state index contributed by atoms with van der Waals surface area (Å²) in [6.45, 7) is 0. The van der Waals surface area contributed by atoms with Crippen LogP contribution in [0.5, 0.6) is 0 Å². The van der Waals surface area contributed by atoms with E-state index < -0.39 is 29.8 Å². The van der Waals surface area contributed by atoms with Crippen LogP contribution in [-0.2, 0) is 20.8 Å². The predicted octanol–water partition coefficient (Wildman–Crippen LogP) is 1.45. The first-order valence-corrected chi connectivity index (χ1v) is 8.43. The first-order chi connectivity index (χ1) is 12.0. The number of hydroxylamine groups is 1. The fourth-order valence-electron chi connectivity index (χ4n) is 3.45. The Labute approximate surface area is 146 Å². The molecule has 0 bridgehead atoms. The molecule has 1 aliphatic carbocycles. The number of likely N-dealkylation sites (N-methyl/N-ethyl adjacent to an activating group) is 1. The number of nitrogens with one attached hydrogen (secondary N) is 1. The molecule has 7 heteroatoms. The van der Waals surface area contributed by atoms with Gasteiger partial charge >= 0.3 is 5.97 Å². The first-order valence-electron chi connectivity index (χ1n) is 8.43. The number of benzene rings is 1. The van der Waals surface area contributed by atoms with Crippen LogP contribution in [-0.4, -0.2) is 46.1 Å². The number of carbonyl (C=O) groups is 3. The average Bonchev–Trinajstić information content (AvgIpc) is 2.65. The van der Waals surface area contributed by atoms with Gasteiger partial charge in [-0.15, -0.1) is 0 Å². The van der Waals surface area contributed by atoms with Gasteiger partial charge in [0.05, 0.1) is 11.8 Å². The van der Waals surface area contributed by atoms with Gasteiger partial charge in [0.2, 0.25) is 5.91 Å². The van der Waals surface area contributed by atoms with Gasteiger partial charge in [0, 0.05) is 13.5 Å². The number of nitrogens with zero attached hydrogens (tertiary/aromatic N) is 1. The van der Waals surface area contributed by atoms with Gasteiger partial charge in [-0.2, -0.15) is 0 Å². The molecule has 1 aliphatic rings. The third-order valence-corrected chi connectivity index (χ3v) is 4.90. The lowest BCUT2D eigenvalue weighted by molar-refractivity contribution is -0.154. The quantitative estimate of drug-likeness (QED) is 0.533. The van der Waals surface area contributed by atoms with Crippen LogP contribution in [0.3, 0.4) is 0 Å². The normalized spacial score (nSPS) is 21.2. The molecule has 1 aromatic carbocycles. The minimum absolute atomic E-state index is 0.236. The average molecular weight is 348 g/mol. The van der Waals surface area contributed by atoms with Gasteiger partial charge in [-0.05, 0) is 18.4 Å². The molecule has 1 unspecified atom stereocenters. The maximum absolute atomic E-state index is 12.9. The molecule has 0 radical (unpaired) electrons. The fourth-order valence-corrected chi connectivity index (χ4v) is 3.45. The van der Waals surface area contributed by atoms with Crippen molar-refractivity contribution in [3.05, 3.63) is 35.9 Å². The minimum atomic E-state index is -0.974. The molecule has 0 spiro atoms. The Balaban J connectivity index is 2.19. The first kappa shape index (κ1) is 18.9. The second kappa shape index (κ2) is 8.62. The largest absolute Gasteiger partial charge is 0.481 e. The van der Waals surface area contributed by atoms with Gasteiger partial charge < -0.3 is 10.0 Å². The Bertz CT molecular complexity index is 619. The topological polar surface area (TPSA) is 107 Å². The van der Waals surface area contributed by atoms with E-state index in [9.17, 15) is 19.5 Å². The molecule has 3 N–H and O–H groups in total. The highest BCUT2D eigenvalue weighted by atomic mass is 16.5. The van der Waals surface area contributed by atoms with Gasteiger partial charge in [0.1, 0.15) is 6.04 Å². The van der Waals surface area contributed by atoms with Crippen LogP contribution >= 0.6 is 0 Å². The van der Waals surface area contributed by atoms with Crippen LogP contribution in [0.4, 0.5) is 0 Å². The maximum atomic E-state index is 12.9. The maximum Gasteiger partial charge on any atom is 0.307 e. The van der Waals surface area contributed by atoms with E-state index in [1.54, 1.807) is 5.48 Å². The standard InChI is InChI=1S/C18H24N2O5/c1-20(17(22)13-9-5-6-10-14(13)18(23)24)15(16(21)19-25)11-12-7-3-2-4-8-12/h2-4,7-8,13-15,25H,5-6,9-11H2,1H3,(H,19,21)(H,23,24)/t13-,14-,15?/m1/s1. The summed E-state index contributed by atoms with van der Waals surface area (Å²) in [5.74, 6) is -3.39. The summed E-state index contributed by atoms with van der Waals surface area (Å²) >= 11 is 0. The highest BCUT2D eigenvalue weighted by Crippen LogP contribution is 2.32. The Morgan fingerprint density at radius 3 is 2.32 bits per heavy atom. The summed E-state index contributed by atoms with van der Waals surface area (Å²) < 4.78 is 0. The predicted molar refractivity (Wildman–Crippen MR) is 89.7 cm³/mol. The smallest absolute Gasteiger partial charge is 0.307 e. The van der Waals surface area contributed by atoms with Crippen LogP contribution in [0.15, 0.2) is 30.3 Å². The van der Waals surface area contributed by atoms with Crippen molar-refractivity contribution < 1.29 is 24.7 Å². The molecule has 3 atom stereocenters. The van der Waals surface area contributed by atoms with Crippen LogP contribution in [0.1, 0.15) is 31.2 Å². The zero-order valence-corrected chi connectivity index (χ0v) is 14.2. The number of aliphatic carboxylic acids is 1. The van der Waals surface area contributed by atoms with Crippen LogP contribution < -0.4 is 5.48 Å². The van der Waals surface area contributed by atoms with Crippen molar-refractivity contribution in [2.75, 3.05) is 7.05 Å². The molecular weight excluding hydrogens is 324 g/mol. The number of amides is 2. The summed E-state index contributed by atoms with van der Waals surface area (Å²) in [4.78, 5) is 37.7. The van der Waals surface area contributed by atoms with Crippen LogP contribution in [0, 0.1) is 11.8 Å².